The second-order valence-corrected chi connectivity index (χ2v) is 7.31. The maximum atomic E-state index is 12.2. The van der Waals surface area contributed by atoms with E-state index in [1.54, 1.807) is 28.1 Å². The highest BCUT2D eigenvalue weighted by atomic mass is 32.2. The van der Waals surface area contributed by atoms with Gasteiger partial charge in [-0.3, -0.25) is 9.36 Å². The Morgan fingerprint density at radius 3 is 2.94 bits per heavy atom. The largest absolute Gasteiger partial charge is 0.290 e. The van der Waals surface area contributed by atoms with Gasteiger partial charge in [-0.15, -0.1) is 11.8 Å². The fourth-order valence-electron chi connectivity index (χ4n) is 1.75. The van der Waals surface area contributed by atoms with Crippen molar-refractivity contribution in [3.63, 3.8) is 0 Å². The summed E-state index contributed by atoms with van der Waals surface area (Å²) in [6.07, 6.45) is 0.922. The Kier molecular flexibility index (Phi) is 3.88. The molecule has 0 spiro atoms. The molecule has 0 bridgehead atoms. The van der Waals surface area contributed by atoms with Gasteiger partial charge in [-0.1, -0.05) is 32.5 Å². The summed E-state index contributed by atoms with van der Waals surface area (Å²) < 4.78 is 1.69. The van der Waals surface area contributed by atoms with Crippen LogP contribution < -0.4 is 5.56 Å². The van der Waals surface area contributed by atoms with Crippen molar-refractivity contribution < 1.29 is 0 Å². The van der Waals surface area contributed by atoms with Crippen molar-refractivity contribution in [3.05, 3.63) is 16.0 Å². The third-order valence-electron chi connectivity index (χ3n) is 2.62. The number of thioether (sulfide) groups is 2. The zero-order chi connectivity index (χ0) is 12.6. The van der Waals surface area contributed by atoms with E-state index in [0.29, 0.717) is 11.2 Å². The van der Waals surface area contributed by atoms with Gasteiger partial charge in [0, 0.05) is 24.5 Å². The number of nitrogens with zero attached hydrogens (tertiary/aromatic N) is 2. The van der Waals surface area contributed by atoms with E-state index in [0.717, 1.165) is 27.9 Å². The third-order valence-corrected chi connectivity index (χ3v) is 5.30. The molecule has 0 aliphatic carbocycles. The minimum absolute atomic E-state index is 0.121. The number of fused-ring (bicyclic) bond motifs is 1. The molecular formula is C12H18N2OS2. The van der Waals surface area contributed by atoms with Gasteiger partial charge in [0.2, 0.25) is 0 Å². The minimum atomic E-state index is 0.121. The Morgan fingerprint density at radius 1 is 1.59 bits per heavy atom. The molecule has 0 fully saturated rings. The van der Waals surface area contributed by atoms with E-state index in [1.807, 2.05) is 7.05 Å². The highest BCUT2D eigenvalue weighted by molar-refractivity contribution is 8.00. The Hall–Kier alpha value is -0.420. The smallest absolute Gasteiger partial charge is 0.267 e. The van der Waals surface area contributed by atoms with Crippen LogP contribution in [0.4, 0.5) is 0 Å². The maximum Gasteiger partial charge on any atom is 0.267 e. The molecular weight excluding hydrogens is 252 g/mol. The van der Waals surface area contributed by atoms with E-state index in [4.69, 9.17) is 0 Å². The van der Waals surface area contributed by atoms with Gasteiger partial charge in [0.05, 0.1) is 10.6 Å². The lowest BCUT2D eigenvalue weighted by atomic mass is 10.2. The minimum Gasteiger partial charge on any atom is -0.290 e. The molecule has 2 heterocycles. The zero-order valence-corrected chi connectivity index (χ0v) is 12.3. The van der Waals surface area contributed by atoms with Gasteiger partial charge in [0.25, 0.3) is 5.56 Å². The molecule has 17 heavy (non-hydrogen) atoms. The fraction of sp³-hybridized carbons (Fsp3) is 0.667. The van der Waals surface area contributed by atoms with Gasteiger partial charge >= 0.3 is 0 Å². The van der Waals surface area contributed by atoms with Crippen molar-refractivity contribution in [1.29, 1.82) is 0 Å². The molecule has 2 rings (SSSR count). The van der Waals surface area contributed by atoms with Crippen LogP contribution in [0, 0.1) is 5.92 Å². The molecule has 0 saturated heterocycles. The number of hydrogen-bond acceptors (Lipinski definition) is 4. The van der Waals surface area contributed by atoms with Crippen molar-refractivity contribution in [3.8, 4) is 0 Å². The van der Waals surface area contributed by atoms with Crippen LogP contribution in [0.1, 0.15) is 26.5 Å². The fourth-order valence-corrected chi connectivity index (χ4v) is 3.83. The van der Waals surface area contributed by atoms with Crippen LogP contribution in [-0.2, 0) is 13.5 Å². The lowest BCUT2D eigenvalue weighted by Gasteiger charge is -2.10. The first-order valence-electron chi connectivity index (χ1n) is 5.88. The lowest BCUT2D eigenvalue weighted by Crippen LogP contribution is -2.22. The quantitative estimate of drug-likeness (QED) is 0.624. The molecule has 1 atom stereocenters. The number of rotatable bonds is 3. The molecule has 94 valence electrons. The molecule has 1 unspecified atom stereocenters. The average Bonchev–Trinajstić information content (AvgIpc) is 2.62. The summed E-state index contributed by atoms with van der Waals surface area (Å²) >= 11 is 3.34. The highest BCUT2D eigenvalue weighted by Gasteiger charge is 2.25. The van der Waals surface area contributed by atoms with Crippen LogP contribution in [0.25, 0.3) is 0 Å². The maximum absolute atomic E-state index is 12.2. The zero-order valence-electron chi connectivity index (χ0n) is 10.7. The van der Waals surface area contributed by atoms with Crippen LogP contribution in [0.2, 0.25) is 0 Å². The molecule has 1 aliphatic rings. The first-order chi connectivity index (χ1) is 7.99. The molecule has 0 amide bonds. The van der Waals surface area contributed by atoms with Crippen LogP contribution in [0.3, 0.4) is 0 Å². The first kappa shape index (κ1) is 13.0. The molecule has 1 aromatic heterocycles. The van der Waals surface area contributed by atoms with E-state index < -0.39 is 0 Å². The molecule has 1 aliphatic heterocycles. The van der Waals surface area contributed by atoms with E-state index in [-0.39, 0.29) is 5.56 Å². The monoisotopic (exact) mass is 270 g/mol. The second-order valence-electron chi connectivity index (χ2n) is 4.87. The van der Waals surface area contributed by atoms with Gasteiger partial charge in [0.15, 0.2) is 5.16 Å². The topological polar surface area (TPSA) is 34.9 Å². The van der Waals surface area contributed by atoms with Crippen LogP contribution >= 0.6 is 23.5 Å². The Balaban J connectivity index is 2.33. The molecule has 0 saturated carbocycles. The van der Waals surface area contributed by atoms with Crippen LogP contribution in [0.15, 0.2) is 14.8 Å². The molecule has 1 aromatic rings. The Bertz CT molecular complexity index is 482. The van der Waals surface area contributed by atoms with Crippen molar-refractivity contribution in [1.82, 2.24) is 9.55 Å². The van der Waals surface area contributed by atoms with Crippen molar-refractivity contribution in [2.45, 2.75) is 42.5 Å². The first-order valence-corrected chi connectivity index (χ1v) is 7.75. The summed E-state index contributed by atoms with van der Waals surface area (Å²) in [7, 11) is 1.82. The summed E-state index contributed by atoms with van der Waals surface area (Å²) in [4.78, 5) is 17.7. The van der Waals surface area contributed by atoms with Crippen molar-refractivity contribution >= 4 is 23.5 Å². The molecule has 0 aromatic carbocycles. The van der Waals surface area contributed by atoms with E-state index in [1.165, 1.54) is 0 Å². The summed E-state index contributed by atoms with van der Waals surface area (Å²) in [5, 5.41) is 1.34. The molecule has 0 N–H and O–H groups in total. The van der Waals surface area contributed by atoms with Crippen LogP contribution in [0.5, 0.6) is 0 Å². The van der Waals surface area contributed by atoms with Crippen molar-refractivity contribution in [2.24, 2.45) is 13.0 Å². The lowest BCUT2D eigenvalue weighted by molar-refractivity contribution is 0.661. The van der Waals surface area contributed by atoms with Gasteiger partial charge < -0.3 is 0 Å². The normalized spacial score (nSPS) is 18.8. The standard InChI is InChI=1S/C12H18N2OS2/c1-7(2)6-16-12-13-9-5-8(3)17-10(9)11(15)14(12)4/h7-8H,5-6H2,1-4H3. The van der Waals surface area contributed by atoms with Gasteiger partial charge in [0.1, 0.15) is 0 Å². The average molecular weight is 270 g/mol. The Labute approximate surface area is 110 Å². The molecule has 0 radical (unpaired) electrons. The Morgan fingerprint density at radius 2 is 2.29 bits per heavy atom. The van der Waals surface area contributed by atoms with Gasteiger partial charge in [-0.25, -0.2) is 4.98 Å². The highest BCUT2D eigenvalue weighted by Crippen LogP contribution is 2.34. The van der Waals surface area contributed by atoms with E-state index >= 15 is 0 Å². The summed E-state index contributed by atoms with van der Waals surface area (Å²) in [5.41, 5.74) is 1.12. The predicted molar refractivity (Wildman–Crippen MR) is 74.1 cm³/mol. The summed E-state index contributed by atoms with van der Waals surface area (Å²) in [6.45, 7) is 6.50. The SMILES string of the molecule is CC(C)CSc1nc2c(c(=O)n1C)SC(C)C2. The van der Waals surface area contributed by atoms with Crippen LogP contribution in [-0.4, -0.2) is 20.6 Å². The number of hydrogen-bond donors (Lipinski definition) is 0. The van der Waals surface area contributed by atoms with Gasteiger partial charge in [-0.05, 0) is 5.92 Å². The molecule has 5 heteroatoms. The van der Waals surface area contributed by atoms with E-state index in [9.17, 15) is 4.79 Å². The second kappa shape index (κ2) is 5.06. The number of aromatic nitrogens is 2. The summed E-state index contributed by atoms with van der Waals surface area (Å²) in [5.74, 6) is 1.61. The predicted octanol–water partition coefficient (Wildman–Crippen LogP) is 2.57. The third kappa shape index (κ3) is 2.71. The van der Waals surface area contributed by atoms with E-state index in [2.05, 4.69) is 25.8 Å². The van der Waals surface area contributed by atoms with Gasteiger partial charge in [-0.2, -0.15) is 0 Å². The van der Waals surface area contributed by atoms with Crippen molar-refractivity contribution in [2.75, 3.05) is 5.75 Å². The molecule has 3 nitrogen and oxygen atoms in total. The summed E-state index contributed by atoms with van der Waals surface area (Å²) in [6, 6.07) is 0.